The summed E-state index contributed by atoms with van der Waals surface area (Å²) in [6.07, 6.45) is 1.77. The van der Waals surface area contributed by atoms with Gasteiger partial charge in [0.25, 0.3) is 0 Å². The molecular weight excluding hydrogens is 290 g/mol. The van der Waals surface area contributed by atoms with Gasteiger partial charge in [0, 0.05) is 10.5 Å². The maximum Gasteiger partial charge on any atom is 0.0948 e. The van der Waals surface area contributed by atoms with Gasteiger partial charge in [-0.2, -0.15) is 0 Å². The van der Waals surface area contributed by atoms with Crippen LogP contribution in [0.15, 0.2) is 40.9 Å². The number of nitrogens with one attached hydrogen (secondary N) is 1. The van der Waals surface area contributed by atoms with Crippen LogP contribution in [0.5, 0.6) is 0 Å². The summed E-state index contributed by atoms with van der Waals surface area (Å²) in [4.78, 5) is 0. The second-order valence-corrected chi connectivity index (χ2v) is 5.68. The van der Waals surface area contributed by atoms with E-state index in [9.17, 15) is 5.11 Å². The topological polar surface area (TPSA) is 32.3 Å². The maximum atomic E-state index is 10.5. The smallest absolute Gasteiger partial charge is 0.0948 e. The van der Waals surface area contributed by atoms with Crippen LogP contribution in [0.25, 0.3) is 10.8 Å². The Balaban J connectivity index is 2.08. The van der Waals surface area contributed by atoms with E-state index in [4.69, 9.17) is 0 Å². The molecule has 0 bridgehead atoms. The molecule has 1 heterocycles. The van der Waals surface area contributed by atoms with Gasteiger partial charge in [-0.3, -0.25) is 0 Å². The molecule has 0 amide bonds. The van der Waals surface area contributed by atoms with E-state index in [1.807, 2.05) is 24.3 Å². The zero-order valence-electron chi connectivity index (χ0n) is 10.1. The van der Waals surface area contributed by atoms with Crippen molar-refractivity contribution in [3.8, 4) is 0 Å². The van der Waals surface area contributed by atoms with Crippen molar-refractivity contribution in [3.63, 3.8) is 0 Å². The van der Waals surface area contributed by atoms with Crippen LogP contribution in [0.2, 0.25) is 0 Å². The molecule has 94 valence electrons. The molecule has 2 aromatic rings. The molecule has 2 unspecified atom stereocenters. The lowest BCUT2D eigenvalue weighted by Gasteiger charge is -2.20. The highest BCUT2D eigenvalue weighted by Crippen LogP contribution is 2.32. The van der Waals surface area contributed by atoms with Crippen molar-refractivity contribution in [3.05, 3.63) is 46.4 Å². The number of hydrogen-bond acceptors (Lipinski definition) is 2. The van der Waals surface area contributed by atoms with Crippen molar-refractivity contribution in [2.45, 2.75) is 25.0 Å². The lowest BCUT2D eigenvalue weighted by Crippen LogP contribution is -2.28. The Bertz CT molecular complexity index is 563. The van der Waals surface area contributed by atoms with Crippen LogP contribution in [0.3, 0.4) is 0 Å². The van der Waals surface area contributed by atoms with E-state index in [1.54, 1.807) is 0 Å². The maximum absolute atomic E-state index is 10.5. The fourth-order valence-corrected chi connectivity index (χ4v) is 3.22. The highest BCUT2D eigenvalue weighted by molar-refractivity contribution is 9.10. The van der Waals surface area contributed by atoms with E-state index in [0.717, 1.165) is 40.2 Å². The number of halogens is 1. The van der Waals surface area contributed by atoms with Crippen LogP contribution < -0.4 is 5.32 Å². The van der Waals surface area contributed by atoms with Gasteiger partial charge in [-0.15, -0.1) is 0 Å². The minimum atomic E-state index is -0.425. The minimum absolute atomic E-state index is 0.189. The summed E-state index contributed by atoms with van der Waals surface area (Å²) >= 11 is 3.57. The Morgan fingerprint density at radius 1 is 1.17 bits per heavy atom. The van der Waals surface area contributed by atoms with Gasteiger partial charge in [-0.25, -0.2) is 0 Å². The van der Waals surface area contributed by atoms with Crippen molar-refractivity contribution < 1.29 is 5.11 Å². The van der Waals surface area contributed by atoms with Gasteiger partial charge in [0.15, 0.2) is 0 Å². The molecule has 3 rings (SSSR count). The monoisotopic (exact) mass is 305 g/mol. The molecule has 1 fully saturated rings. The van der Waals surface area contributed by atoms with Crippen LogP contribution in [0.1, 0.15) is 24.5 Å². The molecule has 2 N–H and O–H groups in total. The molecule has 2 atom stereocenters. The molecule has 0 radical (unpaired) electrons. The van der Waals surface area contributed by atoms with Crippen LogP contribution in [0.4, 0.5) is 0 Å². The van der Waals surface area contributed by atoms with Crippen molar-refractivity contribution in [2.75, 3.05) is 6.54 Å². The van der Waals surface area contributed by atoms with E-state index >= 15 is 0 Å². The fraction of sp³-hybridized carbons (Fsp3) is 0.333. The van der Waals surface area contributed by atoms with Crippen LogP contribution in [-0.2, 0) is 0 Å². The number of hydrogen-bond donors (Lipinski definition) is 2. The quantitative estimate of drug-likeness (QED) is 0.891. The SMILES string of the molecule is OC(c1ccc(Br)c2ccccc12)C1CCCN1. The normalized spacial score (nSPS) is 21.3. The largest absolute Gasteiger partial charge is 0.387 e. The van der Waals surface area contributed by atoms with E-state index in [1.165, 1.54) is 0 Å². The summed E-state index contributed by atoms with van der Waals surface area (Å²) < 4.78 is 1.08. The Morgan fingerprint density at radius 2 is 1.94 bits per heavy atom. The standard InChI is InChI=1S/C15H16BrNO/c16-13-8-7-12(10-4-1-2-5-11(10)13)15(18)14-6-3-9-17-14/h1-2,4-5,7-8,14-15,17-18H,3,6,9H2. The highest BCUT2D eigenvalue weighted by atomic mass is 79.9. The molecule has 0 spiro atoms. The third kappa shape index (κ3) is 2.07. The van der Waals surface area contributed by atoms with Gasteiger partial charge in [0.05, 0.1) is 6.10 Å². The van der Waals surface area contributed by atoms with Gasteiger partial charge >= 0.3 is 0 Å². The first-order chi connectivity index (χ1) is 8.77. The van der Waals surface area contributed by atoms with Crippen molar-refractivity contribution in [1.29, 1.82) is 0 Å². The summed E-state index contributed by atoms with van der Waals surface area (Å²) in [6.45, 7) is 1.01. The first-order valence-electron chi connectivity index (χ1n) is 6.36. The van der Waals surface area contributed by atoms with Gasteiger partial charge in [-0.1, -0.05) is 46.3 Å². The number of aliphatic hydroxyl groups excluding tert-OH is 1. The third-order valence-electron chi connectivity index (χ3n) is 3.70. The number of rotatable bonds is 2. The summed E-state index contributed by atoms with van der Waals surface area (Å²) in [7, 11) is 0. The third-order valence-corrected chi connectivity index (χ3v) is 4.39. The number of benzene rings is 2. The molecule has 0 saturated carbocycles. The summed E-state index contributed by atoms with van der Waals surface area (Å²) in [5.41, 5.74) is 1.02. The van der Waals surface area contributed by atoms with Crippen LogP contribution >= 0.6 is 15.9 Å². The predicted octanol–water partition coefficient (Wildman–Crippen LogP) is 3.39. The summed E-state index contributed by atoms with van der Waals surface area (Å²) in [5, 5.41) is 16.2. The Labute approximate surface area is 115 Å². The molecule has 1 saturated heterocycles. The first-order valence-corrected chi connectivity index (χ1v) is 7.15. The van der Waals surface area contributed by atoms with Crippen molar-refractivity contribution >= 4 is 26.7 Å². The van der Waals surface area contributed by atoms with Gasteiger partial charge in [0.1, 0.15) is 0 Å². The number of aliphatic hydroxyl groups is 1. The predicted molar refractivity (Wildman–Crippen MR) is 77.6 cm³/mol. The van der Waals surface area contributed by atoms with E-state index < -0.39 is 6.10 Å². The van der Waals surface area contributed by atoms with E-state index in [-0.39, 0.29) is 6.04 Å². The zero-order chi connectivity index (χ0) is 12.5. The number of fused-ring (bicyclic) bond motifs is 1. The molecular formula is C15H16BrNO. The fourth-order valence-electron chi connectivity index (χ4n) is 2.74. The molecule has 2 aromatic carbocycles. The van der Waals surface area contributed by atoms with Crippen molar-refractivity contribution in [1.82, 2.24) is 5.32 Å². The molecule has 2 nitrogen and oxygen atoms in total. The van der Waals surface area contributed by atoms with Gasteiger partial charge < -0.3 is 10.4 Å². The second-order valence-electron chi connectivity index (χ2n) is 4.83. The van der Waals surface area contributed by atoms with E-state index in [2.05, 4.69) is 33.4 Å². The molecule has 18 heavy (non-hydrogen) atoms. The summed E-state index contributed by atoms with van der Waals surface area (Å²) in [6, 6.07) is 12.4. The van der Waals surface area contributed by atoms with Crippen LogP contribution in [-0.4, -0.2) is 17.7 Å². The van der Waals surface area contributed by atoms with E-state index in [0.29, 0.717) is 0 Å². The first kappa shape index (κ1) is 12.2. The molecule has 0 aliphatic carbocycles. The van der Waals surface area contributed by atoms with Gasteiger partial charge in [-0.05, 0) is 41.8 Å². The average Bonchev–Trinajstić information content (AvgIpc) is 2.93. The second kappa shape index (κ2) is 5.00. The zero-order valence-corrected chi connectivity index (χ0v) is 11.7. The van der Waals surface area contributed by atoms with Crippen LogP contribution in [0, 0.1) is 0 Å². The summed E-state index contributed by atoms with van der Waals surface area (Å²) in [5.74, 6) is 0. The Kier molecular flexibility index (Phi) is 3.37. The lowest BCUT2D eigenvalue weighted by atomic mass is 9.95. The minimum Gasteiger partial charge on any atom is -0.387 e. The highest BCUT2D eigenvalue weighted by Gasteiger charge is 2.25. The molecule has 1 aliphatic rings. The van der Waals surface area contributed by atoms with Crippen molar-refractivity contribution in [2.24, 2.45) is 0 Å². The molecule has 1 aliphatic heterocycles. The van der Waals surface area contributed by atoms with Gasteiger partial charge in [0.2, 0.25) is 0 Å². The Morgan fingerprint density at radius 3 is 2.67 bits per heavy atom. The molecule has 0 aromatic heterocycles. The average molecular weight is 306 g/mol. The Hall–Kier alpha value is -0.900. The molecule has 3 heteroatoms. The lowest BCUT2D eigenvalue weighted by molar-refractivity contribution is 0.139.